The minimum Gasteiger partial charge on any atom is -0.480 e. The quantitative estimate of drug-likeness (QED) is 0.789. The number of hydrogen-bond donors (Lipinski definition) is 0. The number of hydrogen-bond acceptors (Lipinski definition) is 4. The van der Waals surface area contributed by atoms with Crippen LogP contribution >= 0.6 is 0 Å². The fourth-order valence-electron chi connectivity index (χ4n) is 3.64. The second-order valence-corrected chi connectivity index (χ2v) is 6.94. The van der Waals surface area contributed by atoms with Crippen LogP contribution in [0.15, 0.2) is 48.5 Å². The molecule has 8 heteroatoms. The Hall–Kier alpha value is -3.16. The summed E-state index contributed by atoms with van der Waals surface area (Å²) in [6.45, 7) is -1.42. The van der Waals surface area contributed by atoms with E-state index in [0.29, 0.717) is 32.6 Å². The van der Waals surface area contributed by atoms with E-state index in [0.717, 1.165) is 11.3 Å². The van der Waals surface area contributed by atoms with Gasteiger partial charge >= 0.3 is 6.61 Å². The molecule has 0 N–H and O–H groups in total. The molecule has 2 amide bonds. The van der Waals surface area contributed by atoms with Gasteiger partial charge in [0, 0.05) is 38.2 Å². The highest BCUT2D eigenvalue weighted by atomic mass is 19.3. The number of rotatable bonds is 4. The average Bonchev–Trinajstić information content (AvgIpc) is 3.17. The fraction of sp³-hybridized carbons (Fsp3) is 0.333. The van der Waals surface area contributed by atoms with Gasteiger partial charge in [-0.3, -0.25) is 9.59 Å². The van der Waals surface area contributed by atoms with Gasteiger partial charge in [-0.2, -0.15) is 8.78 Å². The first-order chi connectivity index (χ1) is 14.0. The number of carbonyl (C=O) groups is 2. The van der Waals surface area contributed by atoms with E-state index in [1.807, 2.05) is 24.3 Å². The highest BCUT2D eigenvalue weighted by molar-refractivity contribution is 5.95. The van der Waals surface area contributed by atoms with E-state index in [4.69, 9.17) is 4.74 Å². The Morgan fingerprint density at radius 3 is 2.45 bits per heavy atom. The second kappa shape index (κ2) is 8.06. The van der Waals surface area contributed by atoms with E-state index in [9.17, 15) is 18.4 Å². The van der Waals surface area contributed by atoms with Crippen molar-refractivity contribution in [3.8, 4) is 11.5 Å². The van der Waals surface area contributed by atoms with Crippen LogP contribution in [0.5, 0.6) is 11.5 Å². The van der Waals surface area contributed by atoms with Crippen LogP contribution in [0, 0.1) is 0 Å². The molecule has 29 heavy (non-hydrogen) atoms. The predicted octanol–water partition coefficient (Wildman–Crippen LogP) is 2.58. The zero-order valence-corrected chi connectivity index (χ0v) is 15.6. The van der Waals surface area contributed by atoms with Gasteiger partial charge in [-0.15, -0.1) is 0 Å². The third-order valence-corrected chi connectivity index (χ3v) is 5.11. The Kier molecular flexibility index (Phi) is 5.33. The maximum Gasteiger partial charge on any atom is 0.387 e. The number of halogens is 2. The lowest BCUT2D eigenvalue weighted by Crippen LogP contribution is -2.53. The number of carbonyl (C=O) groups excluding carboxylic acids is 2. The van der Waals surface area contributed by atoms with Crippen molar-refractivity contribution in [1.29, 1.82) is 0 Å². The molecule has 1 fully saturated rings. The minimum atomic E-state index is -2.95. The van der Waals surface area contributed by atoms with E-state index in [1.54, 1.807) is 15.9 Å². The Morgan fingerprint density at radius 1 is 1.00 bits per heavy atom. The lowest BCUT2D eigenvalue weighted by molar-refractivity contribution is -0.139. The average molecular weight is 402 g/mol. The fourth-order valence-corrected chi connectivity index (χ4v) is 3.64. The highest BCUT2D eigenvalue weighted by Crippen LogP contribution is 2.29. The summed E-state index contributed by atoms with van der Waals surface area (Å²) in [5, 5.41) is 0. The maximum atomic E-state index is 12.8. The third kappa shape index (κ3) is 4.16. The van der Waals surface area contributed by atoms with Gasteiger partial charge in [0.1, 0.15) is 11.5 Å². The van der Waals surface area contributed by atoms with Crippen molar-refractivity contribution in [1.82, 2.24) is 9.80 Å². The zero-order chi connectivity index (χ0) is 20.4. The van der Waals surface area contributed by atoms with Crippen molar-refractivity contribution in [3.63, 3.8) is 0 Å². The molecular formula is C21H20F2N2O4. The lowest BCUT2D eigenvalue weighted by Gasteiger charge is -2.35. The summed E-state index contributed by atoms with van der Waals surface area (Å²) in [5.41, 5.74) is 1.29. The van der Waals surface area contributed by atoms with Gasteiger partial charge in [0.2, 0.25) is 0 Å². The monoisotopic (exact) mass is 402 g/mol. The number of para-hydroxylation sites is 1. The summed E-state index contributed by atoms with van der Waals surface area (Å²) in [5.74, 6) is 0.324. The topological polar surface area (TPSA) is 59.1 Å². The van der Waals surface area contributed by atoms with E-state index in [-0.39, 0.29) is 23.1 Å². The molecule has 1 atom stereocenters. The van der Waals surface area contributed by atoms with Gasteiger partial charge in [0.15, 0.2) is 6.10 Å². The van der Waals surface area contributed by atoms with Gasteiger partial charge in [-0.1, -0.05) is 24.3 Å². The van der Waals surface area contributed by atoms with Crippen molar-refractivity contribution in [2.45, 2.75) is 19.1 Å². The molecule has 0 radical (unpaired) electrons. The maximum absolute atomic E-state index is 12.8. The summed E-state index contributed by atoms with van der Waals surface area (Å²) >= 11 is 0. The molecule has 0 aromatic heterocycles. The normalized spacial score (nSPS) is 18.4. The molecule has 0 bridgehead atoms. The Morgan fingerprint density at radius 2 is 1.72 bits per heavy atom. The largest absolute Gasteiger partial charge is 0.480 e. The Balaban J connectivity index is 1.34. The van der Waals surface area contributed by atoms with E-state index in [1.165, 1.54) is 18.2 Å². The molecule has 2 heterocycles. The van der Waals surface area contributed by atoms with Crippen LogP contribution in [0.2, 0.25) is 0 Å². The molecular weight excluding hydrogens is 382 g/mol. The lowest BCUT2D eigenvalue weighted by atomic mass is 10.1. The summed E-state index contributed by atoms with van der Waals surface area (Å²) < 4.78 is 34.9. The number of piperazine rings is 1. The molecule has 2 aliphatic heterocycles. The number of amides is 2. The van der Waals surface area contributed by atoms with Gasteiger partial charge in [0.05, 0.1) is 0 Å². The van der Waals surface area contributed by atoms with Crippen molar-refractivity contribution in [3.05, 3.63) is 59.7 Å². The van der Waals surface area contributed by atoms with Gasteiger partial charge in [-0.25, -0.2) is 0 Å². The molecule has 2 aromatic rings. The summed E-state index contributed by atoms with van der Waals surface area (Å²) in [6.07, 6.45) is 0.0169. The van der Waals surface area contributed by atoms with Crippen LogP contribution in [0.4, 0.5) is 8.78 Å². The number of nitrogens with zero attached hydrogens (tertiary/aromatic N) is 2. The van der Waals surface area contributed by atoms with Gasteiger partial charge in [-0.05, 0) is 29.8 Å². The molecule has 0 aliphatic carbocycles. The predicted molar refractivity (Wildman–Crippen MR) is 100 cm³/mol. The van der Waals surface area contributed by atoms with Crippen LogP contribution in [-0.2, 0) is 11.2 Å². The van der Waals surface area contributed by atoms with Crippen LogP contribution in [0.1, 0.15) is 15.9 Å². The molecule has 0 saturated carbocycles. The molecule has 2 aromatic carbocycles. The molecule has 4 rings (SSSR count). The van der Waals surface area contributed by atoms with Crippen molar-refractivity contribution < 1.29 is 27.8 Å². The third-order valence-electron chi connectivity index (χ3n) is 5.11. The van der Waals surface area contributed by atoms with Crippen LogP contribution < -0.4 is 9.47 Å². The van der Waals surface area contributed by atoms with E-state index >= 15 is 0 Å². The van der Waals surface area contributed by atoms with Crippen molar-refractivity contribution >= 4 is 11.8 Å². The SMILES string of the molecule is O=C(c1cccc(OC(F)F)c1)N1CCN(C(=O)C2Cc3ccccc3O2)CC1. The Bertz CT molecular complexity index is 888. The number of fused-ring (bicyclic) bond motifs is 1. The van der Waals surface area contributed by atoms with E-state index < -0.39 is 12.7 Å². The number of benzene rings is 2. The smallest absolute Gasteiger partial charge is 0.387 e. The molecule has 152 valence electrons. The van der Waals surface area contributed by atoms with Crippen molar-refractivity contribution in [2.24, 2.45) is 0 Å². The molecule has 1 unspecified atom stereocenters. The van der Waals surface area contributed by atoms with Crippen LogP contribution in [0.25, 0.3) is 0 Å². The molecule has 0 spiro atoms. The van der Waals surface area contributed by atoms with Crippen LogP contribution in [0.3, 0.4) is 0 Å². The van der Waals surface area contributed by atoms with Gasteiger partial charge in [0.25, 0.3) is 11.8 Å². The standard InChI is InChI=1S/C21H20F2N2O4/c22-21(23)28-16-6-3-5-15(12-16)19(26)24-8-10-25(11-9-24)20(27)18-13-14-4-1-2-7-17(14)29-18/h1-7,12,18,21H,8-11,13H2. The summed E-state index contributed by atoms with van der Waals surface area (Å²) in [7, 11) is 0. The first-order valence-corrected chi connectivity index (χ1v) is 9.39. The minimum absolute atomic E-state index is 0.0578. The molecule has 1 saturated heterocycles. The summed E-state index contributed by atoms with van der Waals surface area (Å²) in [6, 6.07) is 13.3. The van der Waals surface area contributed by atoms with Crippen LogP contribution in [-0.4, -0.2) is 60.5 Å². The van der Waals surface area contributed by atoms with Gasteiger partial charge < -0.3 is 19.3 Å². The Labute approximate surface area is 166 Å². The first-order valence-electron chi connectivity index (χ1n) is 9.39. The number of ether oxygens (including phenoxy) is 2. The summed E-state index contributed by atoms with van der Waals surface area (Å²) in [4.78, 5) is 28.8. The second-order valence-electron chi connectivity index (χ2n) is 6.94. The van der Waals surface area contributed by atoms with E-state index in [2.05, 4.69) is 4.74 Å². The number of alkyl halides is 2. The zero-order valence-electron chi connectivity index (χ0n) is 15.6. The highest BCUT2D eigenvalue weighted by Gasteiger charge is 2.34. The molecule has 2 aliphatic rings. The molecule has 6 nitrogen and oxygen atoms in total. The van der Waals surface area contributed by atoms with Crippen molar-refractivity contribution in [2.75, 3.05) is 26.2 Å². The first kappa shape index (κ1) is 19.2.